The van der Waals surface area contributed by atoms with Crippen molar-refractivity contribution < 1.29 is 4.92 Å². The van der Waals surface area contributed by atoms with Crippen LogP contribution in [0.1, 0.15) is 17.4 Å². The van der Waals surface area contributed by atoms with Gasteiger partial charge in [0, 0.05) is 4.88 Å². The SMILES string of the molecule is CCc1ccsc1CNc1ncnc(NN)c1[N+](=O)[O-]. The van der Waals surface area contributed by atoms with Gasteiger partial charge in [-0.3, -0.25) is 10.1 Å². The summed E-state index contributed by atoms with van der Waals surface area (Å²) in [7, 11) is 0. The fraction of sp³-hybridized carbons (Fsp3) is 0.273. The van der Waals surface area contributed by atoms with Gasteiger partial charge in [0.2, 0.25) is 11.6 Å². The van der Waals surface area contributed by atoms with Crippen molar-refractivity contribution in [3.05, 3.63) is 38.3 Å². The number of nitro groups is 1. The van der Waals surface area contributed by atoms with Gasteiger partial charge < -0.3 is 10.7 Å². The van der Waals surface area contributed by atoms with Crippen molar-refractivity contribution in [3.63, 3.8) is 0 Å². The average Bonchev–Trinajstić information content (AvgIpc) is 2.91. The van der Waals surface area contributed by atoms with E-state index in [4.69, 9.17) is 5.84 Å². The van der Waals surface area contributed by atoms with E-state index >= 15 is 0 Å². The molecular weight excluding hydrogens is 280 g/mol. The Morgan fingerprint density at radius 2 is 2.20 bits per heavy atom. The van der Waals surface area contributed by atoms with Crippen molar-refractivity contribution in [2.45, 2.75) is 19.9 Å². The molecule has 0 aliphatic rings. The Bertz CT molecular complexity index is 615. The number of hydrogen-bond acceptors (Lipinski definition) is 8. The van der Waals surface area contributed by atoms with Gasteiger partial charge in [-0.2, -0.15) is 0 Å². The van der Waals surface area contributed by atoms with Crippen LogP contribution >= 0.6 is 11.3 Å². The molecule has 0 saturated carbocycles. The standard InChI is InChI=1S/C11H14N6O2S/c1-2-7-3-4-20-8(7)5-13-10-9(17(18)19)11(16-12)15-6-14-10/h3-4,6H,2,5,12H2,1H3,(H2,13,14,15,16). The second-order valence-corrected chi connectivity index (χ2v) is 4.90. The molecule has 0 spiro atoms. The first-order valence-electron chi connectivity index (χ1n) is 5.92. The highest BCUT2D eigenvalue weighted by molar-refractivity contribution is 7.10. The first kappa shape index (κ1) is 14.2. The summed E-state index contributed by atoms with van der Waals surface area (Å²) in [5.74, 6) is 5.35. The molecule has 4 N–H and O–H groups in total. The van der Waals surface area contributed by atoms with Crippen molar-refractivity contribution in [2.24, 2.45) is 5.84 Å². The number of hydrazine groups is 1. The summed E-state index contributed by atoms with van der Waals surface area (Å²) in [6.07, 6.45) is 2.14. The fourth-order valence-electron chi connectivity index (χ4n) is 1.79. The quantitative estimate of drug-likeness (QED) is 0.423. The number of rotatable bonds is 6. The zero-order valence-corrected chi connectivity index (χ0v) is 11.6. The maximum absolute atomic E-state index is 11.1. The van der Waals surface area contributed by atoms with Gasteiger partial charge in [0.05, 0.1) is 11.5 Å². The van der Waals surface area contributed by atoms with Crippen LogP contribution in [-0.4, -0.2) is 14.9 Å². The van der Waals surface area contributed by atoms with Crippen molar-refractivity contribution in [3.8, 4) is 0 Å². The molecule has 0 aliphatic heterocycles. The first-order chi connectivity index (χ1) is 9.67. The Labute approximate surface area is 119 Å². The lowest BCUT2D eigenvalue weighted by Crippen LogP contribution is -2.13. The van der Waals surface area contributed by atoms with Gasteiger partial charge in [0.1, 0.15) is 6.33 Å². The van der Waals surface area contributed by atoms with Crippen molar-refractivity contribution in [1.82, 2.24) is 9.97 Å². The van der Waals surface area contributed by atoms with E-state index in [1.807, 2.05) is 11.4 Å². The minimum Gasteiger partial charge on any atom is -0.359 e. The molecule has 0 saturated heterocycles. The largest absolute Gasteiger partial charge is 0.359 e. The van der Waals surface area contributed by atoms with Crippen molar-refractivity contribution in [1.29, 1.82) is 0 Å². The summed E-state index contributed by atoms with van der Waals surface area (Å²) < 4.78 is 0. The van der Waals surface area contributed by atoms with Gasteiger partial charge in [0.25, 0.3) is 0 Å². The van der Waals surface area contributed by atoms with Crippen LogP contribution in [0.4, 0.5) is 17.3 Å². The number of anilines is 2. The molecule has 0 amide bonds. The van der Waals surface area contributed by atoms with E-state index in [2.05, 4.69) is 27.6 Å². The van der Waals surface area contributed by atoms with Crippen LogP contribution in [0.15, 0.2) is 17.8 Å². The molecule has 2 rings (SSSR count). The lowest BCUT2D eigenvalue weighted by Gasteiger charge is -2.08. The van der Waals surface area contributed by atoms with Crippen LogP contribution in [0, 0.1) is 10.1 Å². The molecule has 0 aliphatic carbocycles. The van der Waals surface area contributed by atoms with E-state index < -0.39 is 4.92 Å². The molecule has 0 radical (unpaired) electrons. The number of aryl methyl sites for hydroxylation is 1. The molecular formula is C11H14N6O2S. The smallest absolute Gasteiger partial charge is 0.354 e. The normalized spacial score (nSPS) is 10.3. The molecule has 0 bridgehead atoms. The van der Waals surface area contributed by atoms with Crippen LogP contribution < -0.4 is 16.6 Å². The number of nitrogens with one attached hydrogen (secondary N) is 2. The lowest BCUT2D eigenvalue weighted by atomic mass is 10.2. The predicted molar refractivity (Wildman–Crippen MR) is 77.5 cm³/mol. The van der Waals surface area contributed by atoms with E-state index in [0.29, 0.717) is 6.54 Å². The summed E-state index contributed by atoms with van der Waals surface area (Å²) in [6.45, 7) is 2.54. The summed E-state index contributed by atoms with van der Waals surface area (Å²) in [4.78, 5) is 19.3. The van der Waals surface area contributed by atoms with E-state index in [1.165, 1.54) is 11.9 Å². The number of aromatic nitrogens is 2. The Hall–Kier alpha value is -2.26. The average molecular weight is 294 g/mol. The number of thiophene rings is 1. The van der Waals surface area contributed by atoms with Crippen molar-refractivity contribution in [2.75, 3.05) is 10.7 Å². The molecule has 106 valence electrons. The minimum absolute atomic E-state index is 0.0191. The zero-order valence-electron chi connectivity index (χ0n) is 10.8. The van der Waals surface area contributed by atoms with Gasteiger partial charge in [-0.05, 0) is 23.4 Å². The molecule has 9 heteroatoms. The second-order valence-electron chi connectivity index (χ2n) is 3.90. The molecule has 20 heavy (non-hydrogen) atoms. The first-order valence-corrected chi connectivity index (χ1v) is 6.80. The molecule has 2 heterocycles. The summed E-state index contributed by atoms with van der Waals surface area (Å²) in [5, 5.41) is 16.0. The van der Waals surface area contributed by atoms with Crippen molar-refractivity contribution >= 4 is 28.7 Å². The number of nitrogens with two attached hydrogens (primary N) is 1. The topological polar surface area (TPSA) is 119 Å². The van der Waals surface area contributed by atoms with Gasteiger partial charge >= 0.3 is 5.69 Å². The van der Waals surface area contributed by atoms with Crippen LogP contribution in [0.5, 0.6) is 0 Å². The van der Waals surface area contributed by atoms with Crippen LogP contribution in [0.2, 0.25) is 0 Å². The molecule has 8 nitrogen and oxygen atoms in total. The molecule has 2 aromatic rings. The third-order valence-electron chi connectivity index (χ3n) is 2.78. The Morgan fingerprint density at radius 1 is 1.45 bits per heavy atom. The van der Waals surface area contributed by atoms with E-state index in [0.717, 1.165) is 11.3 Å². The minimum atomic E-state index is -0.563. The third-order valence-corrected chi connectivity index (χ3v) is 3.74. The highest BCUT2D eigenvalue weighted by Gasteiger charge is 2.22. The van der Waals surface area contributed by atoms with Gasteiger partial charge in [-0.1, -0.05) is 6.92 Å². The Kier molecular flexibility index (Phi) is 4.43. The zero-order chi connectivity index (χ0) is 14.5. The van der Waals surface area contributed by atoms with Gasteiger partial charge in [0.15, 0.2) is 0 Å². The van der Waals surface area contributed by atoms with E-state index in [1.54, 1.807) is 11.3 Å². The molecule has 2 aromatic heterocycles. The van der Waals surface area contributed by atoms with Gasteiger partial charge in [-0.15, -0.1) is 11.3 Å². The second kappa shape index (κ2) is 6.26. The summed E-state index contributed by atoms with van der Waals surface area (Å²) >= 11 is 1.60. The number of nitrogens with zero attached hydrogens (tertiary/aromatic N) is 3. The van der Waals surface area contributed by atoms with Crippen LogP contribution in [-0.2, 0) is 13.0 Å². The highest BCUT2D eigenvalue weighted by atomic mass is 32.1. The maximum atomic E-state index is 11.1. The summed E-state index contributed by atoms with van der Waals surface area (Å²) in [5.41, 5.74) is 3.16. The summed E-state index contributed by atoms with van der Waals surface area (Å²) in [6, 6.07) is 2.04. The number of hydrogen-bond donors (Lipinski definition) is 3. The fourth-order valence-corrected chi connectivity index (χ4v) is 2.70. The van der Waals surface area contributed by atoms with Crippen LogP contribution in [0.3, 0.4) is 0 Å². The monoisotopic (exact) mass is 294 g/mol. The van der Waals surface area contributed by atoms with E-state index in [9.17, 15) is 10.1 Å². The Balaban J connectivity index is 2.23. The van der Waals surface area contributed by atoms with Crippen LogP contribution in [0.25, 0.3) is 0 Å². The predicted octanol–water partition coefficient (Wildman–Crippen LogP) is 1.91. The molecule has 0 fully saturated rings. The lowest BCUT2D eigenvalue weighted by molar-refractivity contribution is -0.383. The highest BCUT2D eigenvalue weighted by Crippen LogP contribution is 2.29. The van der Waals surface area contributed by atoms with Gasteiger partial charge in [-0.25, -0.2) is 15.8 Å². The molecule has 0 atom stereocenters. The number of nitrogen functional groups attached to an aromatic ring is 1. The van der Waals surface area contributed by atoms with E-state index in [-0.39, 0.29) is 17.3 Å². The third kappa shape index (κ3) is 2.83. The maximum Gasteiger partial charge on any atom is 0.354 e. The molecule has 0 unspecified atom stereocenters. The molecule has 0 aromatic carbocycles. The Morgan fingerprint density at radius 3 is 2.85 bits per heavy atom.